The molecule has 0 aliphatic carbocycles. The second-order valence-electron chi connectivity index (χ2n) is 2.43. The largest absolute Gasteiger partial charge is 0.627 e. The first-order chi connectivity index (χ1) is 4.52. The topological polar surface area (TPSA) is 39.9 Å². The molecule has 2 unspecified atom stereocenters. The van der Waals surface area contributed by atoms with Gasteiger partial charge < -0.3 is 10.3 Å². The van der Waals surface area contributed by atoms with Crippen LogP contribution in [-0.4, -0.2) is 10.7 Å². The third kappa shape index (κ3) is 1.39. The molecule has 3 nitrogen and oxygen atoms in total. The number of allylic oxidation sites excluding steroid dienone is 1. The van der Waals surface area contributed by atoms with Crippen LogP contribution in [0.2, 0.25) is 0 Å². The molecule has 0 saturated heterocycles. The number of aliphatic imine (C=N–C) groups is 1. The number of nitrogens with one attached hydrogen (secondary N) is 1. The Hall–Kier alpha value is -0.320. The van der Waals surface area contributed by atoms with Crippen molar-refractivity contribution in [2.75, 3.05) is 0 Å². The van der Waals surface area contributed by atoms with Crippen LogP contribution in [0.25, 0.3) is 0 Å². The molecule has 1 heterocycles. The van der Waals surface area contributed by atoms with Crippen molar-refractivity contribution in [1.82, 2.24) is 0 Å². The van der Waals surface area contributed by atoms with Gasteiger partial charge in [-0.1, -0.05) is 0 Å². The maximum atomic E-state index is 11.0. The van der Waals surface area contributed by atoms with Crippen molar-refractivity contribution in [3.8, 4) is 0 Å². The average Bonchev–Trinajstić information content (AvgIpc) is 1.78. The smallest absolute Gasteiger partial charge is 0.250 e. The van der Waals surface area contributed by atoms with Crippen LogP contribution in [0.5, 0.6) is 0 Å². The van der Waals surface area contributed by atoms with Crippen molar-refractivity contribution < 1.29 is 5.06 Å². The maximum absolute atomic E-state index is 11.0. The molecule has 1 radical (unpaired) electrons. The Balaban J connectivity index is 2.88. The average molecular weight is 157 g/mol. The van der Waals surface area contributed by atoms with Gasteiger partial charge in [-0.05, 0) is 6.92 Å². The highest BCUT2D eigenvalue weighted by Crippen LogP contribution is 2.09. The van der Waals surface area contributed by atoms with Gasteiger partial charge in [-0.15, -0.1) is 0 Å². The molecule has 10 heavy (non-hydrogen) atoms. The molecule has 0 saturated carbocycles. The van der Waals surface area contributed by atoms with Gasteiger partial charge in [-0.3, -0.25) is 0 Å². The number of hydrogen-bond donors (Lipinski definition) is 1. The summed E-state index contributed by atoms with van der Waals surface area (Å²) in [5, 5.41) is 10.9. The minimum absolute atomic E-state index is 0.104. The molecule has 1 aliphatic heterocycles. The van der Waals surface area contributed by atoms with Crippen LogP contribution in [0.4, 0.5) is 0 Å². The Morgan fingerprint density at radius 2 is 2.40 bits per heavy atom. The number of hydrogen-bond acceptors (Lipinski definition) is 2. The summed E-state index contributed by atoms with van der Waals surface area (Å²) in [4.78, 5) is 3.05. The first-order valence-corrected chi connectivity index (χ1v) is 3.42. The van der Waals surface area contributed by atoms with Crippen molar-refractivity contribution >= 4 is 18.3 Å². The third-order valence-corrected chi connectivity index (χ3v) is 1.62. The second-order valence-corrected chi connectivity index (χ2v) is 3.23. The summed E-state index contributed by atoms with van der Waals surface area (Å²) in [6, 6.07) is 0. The molecule has 1 N–H and O–H groups in total. The van der Waals surface area contributed by atoms with Crippen LogP contribution in [0.3, 0.4) is 0 Å². The first-order valence-electron chi connectivity index (χ1n) is 3.02. The van der Waals surface area contributed by atoms with E-state index in [2.05, 4.69) is 4.99 Å². The van der Waals surface area contributed by atoms with Crippen LogP contribution >= 0.6 is 12.6 Å². The fourth-order valence-corrected chi connectivity index (χ4v) is 0.992. The van der Waals surface area contributed by atoms with E-state index in [0.29, 0.717) is 0 Å². The van der Waals surface area contributed by atoms with E-state index in [0.717, 1.165) is 5.71 Å². The summed E-state index contributed by atoms with van der Waals surface area (Å²) in [6.45, 7) is 3.46. The van der Waals surface area contributed by atoms with Crippen LogP contribution in [0.1, 0.15) is 13.8 Å². The number of quaternary nitrogens is 1. The Labute approximate surface area is 65.4 Å². The lowest BCUT2D eigenvalue weighted by molar-refractivity contribution is -0.829. The zero-order valence-corrected chi connectivity index (χ0v) is 6.73. The van der Waals surface area contributed by atoms with Gasteiger partial charge in [0.1, 0.15) is 0 Å². The molecular weight excluding hydrogens is 148 g/mol. The molecule has 0 fully saturated rings. The number of nitrogens with zero attached hydrogens (tertiary/aromatic N) is 1. The van der Waals surface area contributed by atoms with Gasteiger partial charge in [0.05, 0.1) is 6.20 Å². The van der Waals surface area contributed by atoms with Crippen molar-refractivity contribution in [2.45, 2.75) is 18.8 Å². The standard InChI is InChI=1S/C6H9N2OS/c1-5-3-4-8(9)6(2,10)7-5/h3-4,8H,1-2H3. The molecule has 2 atom stereocenters. The third-order valence-electron chi connectivity index (χ3n) is 1.32. The van der Waals surface area contributed by atoms with E-state index in [9.17, 15) is 5.21 Å². The van der Waals surface area contributed by atoms with Crippen LogP contribution in [0, 0.1) is 5.21 Å². The molecule has 0 amide bonds. The van der Waals surface area contributed by atoms with Crippen LogP contribution in [0.15, 0.2) is 17.3 Å². The lowest BCUT2D eigenvalue weighted by atomic mass is 10.3. The summed E-state index contributed by atoms with van der Waals surface area (Å²) in [5.74, 6) is 0. The van der Waals surface area contributed by atoms with Gasteiger partial charge in [0.15, 0.2) is 0 Å². The highest BCUT2D eigenvalue weighted by Gasteiger charge is 2.27. The minimum Gasteiger partial charge on any atom is -0.627 e. The summed E-state index contributed by atoms with van der Waals surface area (Å²) in [7, 11) is 0. The van der Waals surface area contributed by atoms with Crippen molar-refractivity contribution in [2.24, 2.45) is 4.99 Å². The molecule has 1 rings (SSSR count). The predicted molar refractivity (Wildman–Crippen MR) is 42.6 cm³/mol. The predicted octanol–water partition coefficient (Wildman–Crippen LogP) is 0.229. The fourth-order valence-electron chi connectivity index (χ4n) is 0.780. The van der Waals surface area contributed by atoms with E-state index in [4.69, 9.17) is 12.6 Å². The van der Waals surface area contributed by atoms with E-state index in [1.165, 1.54) is 6.20 Å². The lowest BCUT2D eigenvalue weighted by Gasteiger charge is -2.32. The molecule has 0 spiro atoms. The second kappa shape index (κ2) is 2.38. The lowest BCUT2D eigenvalue weighted by Crippen LogP contribution is -3.10. The van der Waals surface area contributed by atoms with E-state index in [-0.39, 0.29) is 5.06 Å². The van der Waals surface area contributed by atoms with Gasteiger partial charge in [-0.25, -0.2) is 4.99 Å². The molecule has 1 aliphatic rings. The normalized spacial score (nSPS) is 39.6. The molecule has 55 valence electrons. The summed E-state index contributed by atoms with van der Waals surface area (Å²) in [5.41, 5.74) is 0.817. The summed E-state index contributed by atoms with van der Waals surface area (Å²) < 4.78 is 0. The SMILES string of the molecule is CC1=NC(C)([S])[NH+]([O-])C=C1. The van der Waals surface area contributed by atoms with Gasteiger partial charge in [0.25, 0.3) is 0 Å². The molecular formula is C6H9N2OS. The van der Waals surface area contributed by atoms with Crippen molar-refractivity contribution in [1.29, 1.82) is 0 Å². The number of rotatable bonds is 0. The Morgan fingerprint density at radius 1 is 1.80 bits per heavy atom. The van der Waals surface area contributed by atoms with Gasteiger partial charge >= 0.3 is 0 Å². The summed E-state index contributed by atoms with van der Waals surface area (Å²) >= 11 is 4.91. The highest BCUT2D eigenvalue weighted by molar-refractivity contribution is 7.81. The van der Waals surface area contributed by atoms with Gasteiger partial charge in [-0.2, -0.15) is 0 Å². The quantitative estimate of drug-likeness (QED) is 0.502. The Morgan fingerprint density at radius 3 is 2.80 bits per heavy atom. The fraction of sp³-hybridized carbons (Fsp3) is 0.500. The van der Waals surface area contributed by atoms with E-state index >= 15 is 0 Å². The Kier molecular flexibility index (Phi) is 1.85. The molecule has 4 heteroatoms. The highest BCUT2D eigenvalue weighted by atomic mass is 32.1. The van der Waals surface area contributed by atoms with Crippen molar-refractivity contribution in [3.05, 3.63) is 17.5 Å². The van der Waals surface area contributed by atoms with E-state index < -0.39 is 4.99 Å². The van der Waals surface area contributed by atoms with Crippen LogP contribution in [-0.2, 0) is 0 Å². The summed E-state index contributed by atoms with van der Waals surface area (Å²) in [6.07, 6.45) is 3.16. The number of hydroxylamine groups is 2. The van der Waals surface area contributed by atoms with Crippen LogP contribution < -0.4 is 5.06 Å². The minimum atomic E-state index is -0.946. The monoisotopic (exact) mass is 157 g/mol. The molecule has 0 bridgehead atoms. The molecule has 0 aromatic carbocycles. The molecule has 0 aromatic rings. The zero-order valence-electron chi connectivity index (χ0n) is 5.92. The first kappa shape index (κ1) is 7.78. The van der Waals surface area contributed by atoms with Gasteiger partial charge in [0, 0.05) is 31.3 Å². The maximum Gasteiger partial charge on any atom is 0.250 e. The van der Waals surface area contributed by atoms with E-state index in [1.807, 2.05) is 6.92 Å². The van der Waals surface area contributed by atoms with Gasteiger partial charge in [0.2, 0.25) is 4.99 Å². The molecule has 0 aromatic heterocycles. The van der Waals surface area contributed by atoms with E-state index in [1.54, 1.807) is 13.0 Å². The Bertz CT molecular complexity index is 198. The van der Waals surface area contributed by atoms with Crippen molar-refractivity contribution in [3.63, 3.8) is 0 Å². The zero-order chi connectivity index (χ0) is 7.78.